The van der Waals surface area contributed by atoms with Gasteiger partial charge in [-0.15, -0.1) is 0 Å². The van der Waals surface area contributed by atoms with Crippen molar-refractivity contribution in [1.29, 1.82) is 5.26 Å². The molecule has 2 bridgehead atoms. The number of benzene rings is 2. The third kappa shape index (κ3) is 8.19. The molecular formula is C35H38ClF4N5O5S. The maximum Gasteiger partial charge on any atom is 0.389 e. The van der Waals surface area contributed by atoms with Gasteiger partial charge in [0, 0.05) is 47.3 Å². The maximum absolute atomic E-state index is 14.5. The van der Waals surface area contributed by atoms with Crippen LogP contribution < -0.4 is 15.4 Å². The van der Waals surface area contributed by atoms with Crippen molar-refractivity contribution in [3.05, 3.63) is 57.4 Å². The number of nitrogens with one attached hydrogen (secondary N) is 2. The number of carbonyl (C=O) groups excluding carboxylic acids is 2. The van der Waals surface area contributed by atoms with E-state index in [4.69, 9.17) is 21.6 Å². The fraction of sp³-hybridized carbons (Fsp3) is 0.514. The smallest absolute Gasteiger partial charge is 0.389 e. The zero-order valence-electron chi connectivity index (χ0n) is 27.9. The van der Waals surface area contributed by atoms with Crippen LogP contribution in [-0.2, 0) is 14.8 Å². The van der Waals surface area contributed by atoms with Gasteiger partial charge in [-0.2, -0.15) is 22.7 Å². The van der Waals surface area contributed by atoms with Crippen molar-refractivity contribution in [2.75, 3.05) is 37.8 Å². The first-order chi connectivity index (χ1) is 24.2. The van der Waals surface area contributed by atoms with Crippen LogP contribution in [0.1, 0.15) is 78.4 Å². The number of nitrogens with zero attached hydrogens (tertiary/aromatic N) is 3. The first kappa shape index (κ1) is 37.1. The van der Waals surface area contributed by atoms with E-state index < -0.39 is 40.3 Å². The van der Waals surface area contributed by atoms with Gasteiger partial charge in [-0.1, -0.05) is 11.6 Å². The van der Waals surface area contributed by atoms with Crippen LogP contribution in [0.25, 0.3) is 11.6 Å². The monoisotopic (exact) mass is 751 g/mol. The van der Waals surface area contributed by atoms with Crippen molar-refractivity contribution < 1.29 is 40.3 Å². The van der Waals surface area contributed by atoms with E-state index >= 15 is 0 Å². The number of sulfonamides is 1. The number of halogens is 5. The Bertz CT molecular complexity index is 1880. The first-order valence-electron chi connectivity index (χ1n) is 16.9. The van der Waals surface area contributed by atoms with Crippen LogP contribution in [0.3, 0.4) is 0 Å². The molecule has 4 heterocycles. The van der Waals surface area contributed by atoms with Crippen LogP contribution in [0.4, 0.5) is 23.2 Å². The van der Waals surface area contributed by atoms with Gasteiger partial charge >= 0.3 is 6.18 Å². The molecule has 4 aliphatic rings. The quantitative estimate of drug-likeness (QED) is 0.226. The van der Waals surface area contributed by atoms with Crippen LogP contribution in [0.15, 0.2) is 24.3 Å². The van der Waals surface area contributed by atoms with Gasteiger partial charge in [-0.05, 0) is 94.8 Å². The first-order valence-corrected chi connectivity index (χ1v) is 18.9. The summed E-state index contributed by atoms with van der Waals surface area (Å²) in [6.45, 7) is 1.50. The highest BCUT2D eigenvalue weighted by atomic mass is 35.5. The third-order valence-electron chi connectivity index (χ3n) is 10.3. The van der Waals surface area contributed by atoms with Crippen molar-refractivity contribution in [3.63, 3.8) is 0 Å². The zero-order chi connectivity index (χ0) is 36.7. The Morgan fingerprint density at radius 2 is 1.82 bits per heavy atom. The number of alkyl halides is 3. The summed E-state index contributed by atoms with van der Waals surface area (Å²) in [5.41, 5.74) is 0.992. The summed E-state index contributed by atoms with van der Waals surface area (Å²) >= 11 is 6.51. The van der Waals surface area contributed by atoms with E-state index in [2.05, 4.69) is 10.6 Å². The fourth-order valence-corrected chi connectivity index (χ4v) is 10.5. The lowest BCUT2D eigenvalue weighted by Crippen LogP contribution is -2.53. The van der Waals surface area contributed by atoms with E-state index in [1.807, 2.05) is 4.90 Å². The summed E-state index contributed by atoms with van der Waals surface area (Å²) in [6, 6.07) is 6.18. The number of anilines is 1. The molecule has 3 saturated heterocycles. The molecule has 2 aromatic rings. The molecule has 2 aromatic carbocycles. The molecule has 0 aliphatic carbocycles. The predicted octanol–water partition coefficient (Wildman–Crippen LogP) is 5.96. The number of hydrogen-bond acceptors (Lipinski definition) is 7. The average molecular weight is 752 g/mol. The van der Waals surface area contributed by atoms with Gasteiger partial charge in [-0.25, -0.2) is 12.8 Å². The van der Waals surface area contributed by atoms with Gasteiger partial charge in [-0.3, -0.25) is 9.59 Å². The van der Waals surface area contributed by atoms with Gasteiger partial charge in [0.05, 0.1) is 34.7 Å². The second-order valence-electron chi connectivity index (χ2n) is 13.7. The number of fused-ring (bicyclic) bond motifs is 3. The Morgan fingerprint density at radius 3 is 2.45 bits per heavy atom. The van der Waals surface area contributed by atoms with Crippen molar-refractivity contribution >= 4 is 50.8 Å². The SMILES string of the molecule is COc1cc(C#N)c(F)cc1/C=C1/C(=O)Nc2cc(Cl)c(C(=O)NC3C[C@H]4CC[C@@H](C3)N4S(=O)(=O)CC3CCN(CCCC(F)(F)F)CC3)cc21. The van der Waals surface area contributed by atoms with Gasteiger partial charge in [0.1, 0.15) is 17.6 Å². The lowest BCUT2D eigenvalue weighted by Gasteiger charge is -2.39. The number of methoxy groups -OCH3 is 1. The molecule has 10 nitrogen and oxygen atoms in total. The predicted molar refractivity (Wildman–Crippen MR) is 183 cm³/mol. The molecule has 0 spiro atoms. The summed E-state index contributed by atoms with van der Waals surface area (Å²) in [4.78, 5) is 28.5. The highest BCUT2D eigenvalue weighted by Crippen LogP contribution is 2.41. The standard InChI is InChI=1S/C35H38ClF4N5O5S/c1-50-32-13-22(18-41)30(37)12-21(32)11-27-26-16-28(29(36)17-31(26)43-33(27)46)34(47)42-23-14-24-3-4-25(15-23)45(24)51(48,49)19-20-5-9-44(10-6-20)8-2-7-35(38,39)40/h11-13,16-17,20,23-25H,2-10,14-15,19H2,1H3,(H,42,47)(H,43,46)/b27-11+/t23?,24-,25+. The van der Waals surface area contributed by atoms with Crippen LogP contribution in [-0.4, -0.2) is 86.2 Å². The summed E-state index contributed by atoms with van der Waals surface area (Å²) in [6.07, 6.45) is -0.112. The van der Waals surface area contributed by atoms with Crippen molar-refractivity contribution in [3.8, 4) is 11.8 Å². The van der Waals surface area contributed by atoms with Gasteiger partial charge in [0.15, 0.2) is 0 Å². The second-order valence-corrected chi connectivity index (χ2v) is 16.0. The number of hydrogen-bond donors (Lipinski definition) is 2. The van der Waals surface area contributed by atoms with Crippen molar-refractivity contribution in [2.45, 2.75) is 75.7 Å². The summed E-state index contributed by atoms with van der Waals surface area (Å²) < 4.78 is 86.3. The van der Waals surface area contributed by atoms with E-state index in [9.17, 15) is 35.6 Å². The number of nitriles is 1. The average Bonchev–Trinajstić information content (AvgIpc) is 3.52. The molecule has 2 N–H and O–H groups in total. The minimum atomic E-state index is -4.18. The van der Waals surface area contributed by atoms with E-state index in [1.165, 1.54) is 31.4 Å². The topological polar surface area (TPSA) is 132 Å². The molecule has 16 heteroatoms. The Hall–Kier alpha value is -3.71. The number of ether oxygens (including phenoxy) is 1. The summed E-state index contributed by atoms with van der Waals surface area (Å²) in [7, 11) is -2.25. The van der Waals surface area contributed by atoms with Crippen molar-refractivity contribution in [1.82, 2.24) is 14.5 Å². The Kier molecular flexibility index (Phi) is 10.7. The Labute approximate surface area is 298 Å². The van der Waals surface area contributed by atoms with Crippen LogP contribution in [0.5, 0.6) is 5.75 Å². The Balaban J connectivity index is 1.09. The van der Waals surface area contributed by atoms with Crippen LogP contribution in [0, 0.1) is 23.1 Å². The second kappa shape index (κ2) is 14.7. The fourth-order valence-electron chi connectivity index (χ4n) is 7.86. The molecule has 0 aromatic heterocycles. The van der Waals surface area contributed by atoms with E-state index in [1.54, 1.807) is 10.4 Å². The molecule has 274 valence electrons. The minimum Gasteiger partial charge on any atom is -0.496 e. The molecule has 6 rings (SSSR count). The zero-order valence-corrected chi connectivity index (χ0v) is 29.4. The largest absolute Gasteiger partial charge is 0.496 e. The number of piperidine rings is 2. The molecule has 3 atom stereocenters. The summed E-state index contributed by atoms with van der Waals surface area (Å²) in [5, 5.41) is 15.0. The number of carbonyl (C=O) groups is 2. The molecular weight excluding hydrogens is 714 g/mol. The molecule has 0 radical (unpaired) electrons. The van der Waals surface area contributed by atoms with Crippen molar-refractivity contribution in [2.24, 2.45) is 5.92 Å². The molecule has 51 heavy (non-hydrogen) atoms. The summed E-state index contributed by atoms with van der Waals surface area (Å²) in [5.74, 6) is -1.64. The van der Waals surface area contributed by atoms with Crippen LogP contribution in [0.2, 0.25) is 5.02 Å². The third-order valence-corrected chi connectivity index (χ3v) is 12.7. The van der Waals surface area contributed by atoms with Gasteiger partial charge < -0.3 is 20.3 Å². The lowest BCUT2D eigenvalue weighted by molar-refractivity contribution is -0.136. The number of rotatable bonds is 10. The lowest BCUT2D eigenvalue weighted by atomic mass is 9.98. The highest BCUT2D eigenvalue weighted by Gasteiger charge is 2.47. The maximum atomic E-state index is 14.5. The molecule has 2 amide bonds. The van der Waals surface area contributed by atoms with E-state index in [-0.39, 0.29) is 69.3 Å². The van der Waals surface area contributed by atoms with E-state index in [0.717, 1.165) is 6.07 Å². The minimum absolute atomic E-state index is 0.00173. The number of amides is 2. The normalized spacial score (nSPS) is 23.6. The Morgan fingerprint density at radius 1 is 1.14 bits per heavy atom. The molecule has 0 saturated carbocycles. The van der Waals surface area contributed by atoms with E-state index in [0.29, 0.717) is 69.4 Å². The highest BCUT2D eigenvalue weighted by molar-refractivity contribution is 7.89. The number of likely N-dealkylation sites (tertiary alicyclic amines) is 1. The van der Waals surface area contributed by atoms with Gasteiger partial charge in [0.2, 0.25) is 10.0 Å². The molecule has 3 fully saturated rings. The molecule has 1 unspecified atom stereocenters. The van der Waals surface area contributed by atoms with Crippen LogP contribution >= 0.6 is 11.6 Å². The van der Waals surface area contributed by atoms with Gasteiger partial charge in [0.25, 0.3) is 11.8 Å². The molecule has 4 aliphatic heterocycles.